The first-order valence-corrected chi connectivity index (χ1v) is 8.64. The zero-order valence-corrected chi connectivity index (χ0v) is 12.6. The minimum absolute atomic E-state index is 0.209. The second-order valence-electron chi connectivity index (χ2n) is 3.64. The number of carbonyl (C=O) groups is 1. The minimum atomic E-state index is 0.209. The zero-order chi connectivity index (χ0) is 12.8. The molecule has 0 aliphatic carbocycles. The van der Waals surface area contributed by atoms with E-state index < -0.39 is 0 Å². The summed E-state index contributed by atoms with van der Waals surface area (Å²) in [6, 6.07) is 0. The summed E-state index contributed by atoms with van der Waals surface area (Å²) < 4.78 is 10.3. The van der Waals surface area contributed by atoms with Crippen LogP contribution in [0.1, 0.15) is 6.42 Å². The highest BCUT2D eigenvalue weighted by Crippen LogP contribution is 2.24. The molecule has 2 rings (SSSR count). The van der Waals surface area contributed by atoms with Gasteiger partial charge in [-0.25, -0.2) is 4.98 Å². The maximum Gasteiger partial charge on any atom is 0.223 e. The molecule has 0 N–H and O–H groups in total. The maximum atomic E-state index is 11.9. The molecular weight excluding hydrogens is 290 g/mol. The van der Waals surface area contributed by atoms with E-state index in [1.165, 1.54) is 23.3 Å². The fraction of sp³-hybridized carbons (Fsp3) is 0.700. The lowest BCUT2D eigenvalue weighted by atomic mass is 10.3. The maximum absolute atomic E-state index is 11.9. The highest BCUT2D eigenvalue weighted by Gasteiger charge is 2.16. The Morgan fingerprint density at radius 1 is 1.50 bits per heavy atom. The summed E-state index contributed by atoms with van der Waals surface area (Å²) >= 11 is 4.54. The number of rotatable bonds is 5. The van der Waals surface area contributed by atoms with Crippen molar-refractivity contribution < 1.29 is 9.53 Å². The topological polar surface area (TPSA) is 55.3 Å². The van der Waals surface area contributed by atoms with Gasteiger partial charge in [-0.05, 0) is 17.8 Å². The van der Waals surface area contributed by atoms with Gasteiger partial charge in [-0.15, -0.1) is 0 Å². The standard InChI is InChI=1S/C10H15N3O2S3/c1-16-9-11-10(18-12-9)17-7-2-8(14)13-3-5-15-6-4-13/h2-7H2,1H3. The van der Waals surface area contributed by atoms with Crippen molar-refractivity contribution in [3.05, 3.63) is 0 Å². The number of hydrogen-bond donors (Lipinski definition) is 0. The Morgan fingerprint density at radius 2 is 2.28 bits per heavy atom. The summed E-state index contributed by atoms with van der Waals surface area (Å²) in [4.78, 5) is 18.1. The average Bonchev–Trinajstić information content (AvgIpc) is 2.87. The molecule has 1 amide bonds. The van der Waals surface area contributed by atoms with Gasteiger partial charge in [0.1, 0.15) is 0 Å². The number of nitrogens with zero attached hydrogens (tertiary/aromatic N) is 3. The van der Waals surface area contributed by atoms with Crippen molar-refractivity contribution in [2.24, 2.45) is 0 Å². The molecule has 0 radical (unpaired) electrons. The van der Waals surface area contributed by atoms with E-state index in [2.05, 4.69) is 9.36 Å². The third-order valence-corrected chi connectivity index (χ3v) is 4.98. The summed E-state index contributed by atoms with van der Waals surface area (Å²) in [5.74, 6) is 0.972. The van der Waals surface area contributed by atoms with Crippen LogP contribution in [0.2, 0.25) is 0 Å². The second-order valence-corrected chi connectivity index (χ2v) is 6.51. The summed E-state index contributed by atoms with van der Waals surface area (Å²) in [5.41, 5.74) is 0. The second kappa shape index (κ2) is 7.32. The van der Waals surface area contributed by atoms with E-state index in [0.717, 1.165) is 28.3 Å². The first-order chi connectivity index (χ1) is 8.79. The number of carbonyl (C=O) groups excluding carboxylic acids is 1. The van der Waals surface area contributed by atoms with Gasteiger partial charge in [0.05, 0.1) is 13.2 Å². The van der Waals surface area contributed by atoms with E-state index in [4.69, 9.17) is 4.74 Å². The van der Waals surface area contributed by atoms with Crippen molar-refractivity contribution in [1.29, 1.82) is 0 Å². The Morgan fingerprint density at radius 3 is 2.94 bits per heavy atom. The summed E-state index contributed by atoms with van der Waals surface area (Å²) in [5, 5.41) is 0.807. The van der Waals surface area contributed by atoms with Crippen LogP contribution in [-0.4, -0.2) is 58.5 Å². The van der Waals surface area contributed by atoms with Crippen molar-refractivity contribution >= 4 is 41.0 Å². The molecule has 0 saturated carbocycles. The summed E-state index contributed by atoms with van der Waals surface area (Å²) in [6.07, 6.45) is 2.51. The first kappa shape index (κ1) is 14.1. The molecule has 1 aromatic rings. The molecule has 1 aliphatic heterocycles. The van der Waals surface area contributed by atoms with E-state index in [1.54, 1.807) is 11.8 Å². The van der Waals surface area contributed by atoms with Gasteiger partial charge in [-0.1, -0.05) is 23.5 Å². The molecule has 0 bridgehead atoms. The molecule has 18 heavy (non-hydrogen) atoms. The molecule has 0 unspecified atom stereocenters. The van der Waals surface area contributed by atoms with E-state index >= 15 is 0 Å². The normalized spacial score (nSPS) is 15.9. The van der Waals surface area contributed by atoms with Crippen LogP contribution in [0.25, 0.3) is 0 Å². The van der Waals surface area contributed by atoms with Gasteiger partial charge < -0.3 is 9.64 Å². The van der Waals surface area contributed by atoms with Crippen molar-refractivity contribution in [2.45, 2.75) is 15.9 Å². The van der Waals surface area contributed by atoms with Crippen molar-refractivity contribution in [3.63, 3.8) is 0 Å². The zero-order valence-electron chi connectivity index (χ0n) is 10.1. The smallest absolute Gasteiger partial charge is 0.223 e. The van der Waals surface area contributed by atoms with Gasteiger partial charge in [0, 0.05) is 25.3 Å². The fourth-order valence-electron chi connectivity index (χ4n) is 1.54. The van der Waals surface area contributed by atoms with Crippen molar-refractivity contribution in [3.8, 4) is 0 Å². The lowest BCUT2D eigenvalue weighted by molar-refractivity contribution is -0.134. The average molecular weight is 305 g/mol. The Hall–Kier alpha value is -0.310. The number of thioether (sulfide) groups is 2. The molecule has 1 aromatic heterocycles. The third-order valence-electron chi connectivity index (χ3n) is 2.48. The van der Waals surface area contributed by atoms with Gasteiger partial charge in [0.15, 0.2) is 4.34 Å². The quantitative estimate of drug-likeness (QED) is 0.770. The van der Waals surface area contributed by atoms with Crippen molar-refractivity contribution in [1.82, 2.24) is 14.3 Å². The Labute approximate surface area is 119 Å². The lowest BCUT2D eigenvalue weighted by Gasteiger charge is -2.26. The Kier molecular flexibility index (Phi) is 5.74. The van der Waals surface area contributed by atoms with Gasteiger partial charge in [0.25, 0.3) is 0 Å². The number of aromatic nitrogens is 2. The number of morpholine rings is 1. The molecule has 0 atom stereocenters. The van der Waals surface area contributed by atoms with Crippen LogP contribution in [-0.2, 0) is 9.53 Å². The number of hydrogen-bond acceptors (Lipinski definition) is 7. The van der Waals surface area contributed by atoms with Crippen molar-refractivity contribution in [2.75, 3.05) is 38.3 Å². The molecule has 0 aromatic carbocycles. The van der Waals surface area contributed by atoms with Crippen LogP contribution in [0, 0.1) is 0 Å². The molecule has 5 nitrogen and oxygen atoms in total. The van der Waals surface area contributed by atoms with Crippen LogP contribution < -0.4 is 0 Å². The van der Waals surface area contributed by atoms with E-state index in [1.807, 2.05) is 11.2 Å². The van der Waals surface area contributed by atoms with E-state index in [-0.39, 0.29) is 5.91 Å². The Balaban J connectivity index is 1.69. The summed E-state index contributed by atoms with van der Waals surface area (Å²) in [6.45, 7) is 2.76. The van der Waals surface area contributed by atoms with Crippen LogP contribution >= 0.6 is 35.1 Å². The highest BCUT2D eigenvalue weighted by molar-refractivity contribution is 8.01. The van der Waals surface area contributed by atoms with Gasteiger partial charge >= 0.3 is 0 Å². The van der Waals surface area contributed by atoms with Gasteiger partial charge in [-0.3, -0.25) is 4.79 Å². The molecule has 1 aliphatic rings. The molecular formula is C10H15N3O2S3. The van der Waals surface area contributed by atoms with Gasteiger partial charge in [-0.2, -0.15) is 4.37 Å². The highest BCUT2D eigenvalue weighted by atomic mass is 32.2. The molecule has 8 heteroatoms. The largest absolute Gasteiger partial charge is 0.378 e. The van der Waals surface area contributed by atoms with Gasteiger partial charge in [0.2, 0.25) is 11.1 Å². The molecule has 100 valence electrons. The third kappa shape index (κ3) is 4.11. The van der Waals surface area contributed by atoms with Crippen LogP contribution in [0.5, 0.6) is 0 Å². The van der Waals surface area contributed by atoms with Crippen LogP contribution in [0.3, 0.4) is 0 Å². The molecule has 1 fully saturated rings. The Bertz CT molecular complexity index is 393. The molecule has 0 spiro atoms. The predicted octanol–water partition coefficient (Wildman–Crippen LogP) is 1.60. The molecule has 1 saturated heterocycles. The van der Waals surface area contributed by atoms with E-state index in [9.17, 15) is 4.79 Å². The van der Waals surface area contributed by atoms with Crippen LogP contribution in [0.4, 0.5) is 0 Å². The van der Waals surface area contributed by atoms with Crippen LogP contribution in [0.15, 0.2) is 9.50 Å². The molecule has 2 heterocycles. The summed E-state index contributed by atoms with van der Waals surface area (Å²) in [7, 11) is 0. The van der Waals surface area contributed by atoms with E-state index in [0.29, 0.717) is 19.6 Å². The lowest BCUT2D eigenvalue weighted by Crippen LogP contribution is -2.40. The first-order valence-electron chi connectivity index (χ1n) is 5.65. The number of ether oxygens (including phenoxy) is 1. The minimum Gasteiger partial charge on any atom is -0.378 e. The fourth-order valence-corrected chi connectivity index (χ4v) is 3.74. The monoisotopic (exact) mass is 305 g/mol. The SMILES string of the molecule is CSc1nsc(SCCC(=O)N2CCOCC2)n1. The number of amides is 1. The predicted molar refractivity (Wildman–Crippen MR) is 74.4 cm³/mol.